The minimum Gasteiger partial charge on any atom is -0.369 e. The maximum Gasteiger partial charge on any atom is 0.230 e. The van der Waals surface area contributed by atoms with Gasteiger partial charge in [-0.05, 0) is 12.8 Å². The first-order valence-electron chi connectivity index (χ1n) is 4.53. The summed E-state index contributed by atoms with van der Waals surface area (Å²) >= 11 is 0. The molecule has 2 fully saturated rings. The van der Waals surface area contributed by atoms with Crippen LogP contribution in [0.5, 0.6) is 0 Å². The molecule has 2 aliphatic rings. The first-order chi connectivity index (χ1) is 5.77. The summed E-state index contributed by atoms with van der Waals surface area (Å²) in [6.45, 7) is 3.71. The summed E-state index contributed by atoms with van der Waals surface area (Å²) in [4.78, 5) is 11.4. The van der Waals surface area contributed by atoms with Crippen LogP contribution < -0.4 is 10.6 Å². The molecule has 12 heavy (non-hydrogen) atoms. The molecule has 1 saturated carbocycles. The van der Waals surface area contributed by atoms with Gasteiger partial charge in [-0.3, -0.25) is 4.79 Å². The third-order valence-corrected chi connectivity index (χ3v) is 2.74. The molecule has 1 aliphatic carbocycles. The molecule has 1 saturated heterocycles. The SMILES string of the molecule is C=C1NC(=O)C2CCCCC2N1. The quantitative estimate of drug-likeness (QED) is 0.557. The highest BCUT2D eigenvalue weighted by Crippen LogP contribution is 2.27. The van der Waals surface area contributed by atoms with Crippen LogP contribution >= 0.6 is 0 Å². The zero-order valence-corrected chi connectivity index (χ0v) is 7.10. The van der Waals surface area contributed by atoms with Gasteiger partial charge in [0, 0.05) is 6.04 Å². The second-order valence-corrected chi connectivity index (χ2v) is 3.61. The lowest BCUT2D eigenvalue weighted by molar-refractivity contribution is -0.127. The number of carbonyl (C=O) groups excluding carboxylic acids is 1. The molecule has 3 heteroatoms. The van der Waals surface area contributed by atoms with Gasteiger partial charge in [-0.25, -0.2) is 0 Å². The highest BCUT2D eigenvalue weighted by Gasteiger charge is 2.34. The number of fused-ring (bicyclic) bond motifs is 1. The molecule has 0 aromatic heterocycles. The molecule has 0 aromatic rings. The van der Waals surface area contributed by atoms with E-state index in [1.807, 2.05) is 0 Å². The molecule has 1 amide bonds. The smallest absolute Gasteiger partial charge is 0.230 e. The third kappa shape index (κ3) is 1.19. The van der Waals surface area contributed by atoms with E-state index in [1.165, 1.54) is 12.8 Å². The monoisotopic (exact) mass is 166 g/mol. The maximum atomic E-state index is 11.4. The summed E-state index contributed by atoms with van der Waals surface area (Å²) in [6.07, 6.45) is 4.55. The predicted molar refractivity (Wildman–Crippen MR) is 46.2 cm³/mol. The lowest BCUT2D eigenvalue weighted by atomic mass is 9.83. The van der Waals surface area contributed by atoms with Gasteiger partial charge in [0.25, 0.3) is 0 Å². The Morgan fingerprint density at radius 1 is 1.33 bits per heavy atom. The normalized spacial score (nSPS) is 35.0. The van der Waals surface area contributed by atoms with E-state index in [0.717, 1.165) is 12.8 Å². The van der Waals surface area contributed by atoms with Crippen LogP contribution in [0.3, 0.4) is 0 Å². The van der Waals surface area contributed by atoms with Gasteiger partial charge in [0.1, 0.15) is 0 Å². The van der Waals surface area contributed by atoms with Gasteiger partial charge < -0.3 is 10.6 Å². The van der Waals surface area contributed by atoms with Crippen LogP contribution in [0.25, 0.3) is 0 Å². The van der Waals surface area contributed by atoms with E-state index in [9.17, 15) is 4.79 Å². The highest BCUT2D eigenvalue weighted by molar-refractivity contribution is 5.82. The lowest BCUT2D eigenvalue weighted by Gasteiger charge is -2.36. The molecule has 1 aliphatic heterocycles. The largest absolute Gasteiger partial charge is 0.369 e. The summed E-state index contributed by atoms with van der Waals surface area (Å²) in [5.74, 6) is 1.01. The average Bonchev–Trinajstić information content (AvgIpc) is 2.04. The lowest BCUT2D eigenvalue weighted by Crippen LogP contribution is -2.54. The van der Waals surface area contributed by atoms with Crippen LogP contribution in [0, 0.1) is 5.92 Å². The third-order valence-electron chi connectivity index (χ3n) is 2.74. The molecule has 0 aromatic carbocycles. The van der Waals surface area contributed by atoms with Crippen molar-refractivity contribution < 1.29 is 4.79 Å². The predicted octanol–water partition coefficient (Wildman–Crippen LogP) is 0.736. The molecule has 2 unspecified atom stereocenters. The van der Waals surface area contributed by atoms with Gasteiger partial charge in [-0.15, -0.1) is 0 Å². The Morgan fingerprint density at radius 2 is 2.08 bits per heavy atom. The van der Waals surface area contributed by atoms with Gasteiger partial charge in [-0.2, -0.15) is 0 Å². The molecule has 0 spiro atoms. The zero-order valence-electron chi connectivity index (χ0n) is 7.10. The molecule has 3 nitrogen and oxygen atoms in total. The second kappa shape index (κ2) is 2.81. The van der Waals surface area contributed by atoms with Crippen LogP contribution in [0.1, 0.15) is 25.7 Å². The summed E-state index contributed by atoms with van der Waals surface area (Å²) in [7, 11) is 0. The number of rotatable bonds is 0. The van der Waals surface area contributed by atoms with Gasteiger partial charge >= 0.3 is 0 Å². The number of carbonyl (C=O) groups is 1. The van der Waals surface area contributed by atoms with Crippen molar-refractivity contribution in [1.29, 1.82) is 0 Å². The summed E-state index contributed by atoms with van der Waals surface area (Å²) in [5.41, 5.74) is 0. The fourth-order valence-electron chi connectivity index (χ4n) is 2.12. The van der Waals surface area contributed by atoms with E-state index in [1.54, 1.807) is 0 Å². The minimum atomic E-state index is 0.156. The van der Waals surface area contributed by atoms with Crippen molar-refractivity contribution in [2.24, 2.45) is 5.92 Å². The molecular formula is C9H14N2O. The Morgan fingerprint density at radius 3 is 2.92 bits per heavy atom. The molecule has 2 atom stereocenters. The molecule has 1 heterocycles. The first kappa shape index (κ1) is 7.65. The van der Waals surface area contributed by atoms with Gasteiger partial charge in [0.05, 0.1) is 11.7 Å². The van der Waals surface area contributed by atoms with Gasteiger partial charge in [-0.1, -0.05) is 19.4 Å². The van der Waals surface area contributed by atoms with Gasteiger partial charge in [0.2, 0.25) is 5.91 Å². The van der Waals surface area contributed by atoms with Crippen molar-refractivity contribution in [3.05, 3.63) is 12.4 Å². The summed E-state index contributed by atoms with van der Waals surface area (Å²) in [6, 6.07) is 0.347. The molecule has 0 radical (unpaired) electrons. The Kier molecular flexibility index (Phi) is 1.79. The zero-order chi connectivity index (χ0) is 8.55. The molecule has 2 N–H and O–H groups in total. The van der Waals surface area contributed by atoms with Crippen LogP contribution in [0.4, 0.5) is 0 Å². The van der Waals surface area contributed by atoms with Gasteiger partial charge in [0.15, 0.2) is 0 Å². The molecular weight excluding hydrogens is 152 g/mol. The van der Waals surface area contributed by atoms with Crippen molar-refractivity contribution >= 4 is 5.91 Å². The summed E-state index contributed by atoms with van der Waals surface area (Å²) in [5, 5.41) is 5.96. The van der Waals surface area contributed by atoms with E-state index in [2.05, 4.69) is 17.2 Å². The van der Waals surface area contributed by atoms with Crippen LogP contribution in [-0.2, 0) is 4.79 Å². The van der Waals surface area contributed by atoms with Crippen molar-refractivity contribution in [2.75, 3.05) is 0 Å². The van der Waals surface area contributed by atoms with Crippen molar-refractivity contribution in [2.45, 2.75) is 31.7 Å². The van der Waals surface area contributed by atoms with E-state index in [0.29, 0.717) is 11.9 Å². The maximum absolute atomic E-state index is 11.4. The topological polar surface area (TPSA) is 41.1 Å². The first-order valence-corrected chi connectivity index (χ1v) is 4.53. The van der Waals surface area contributed by atoms with Crippen LogP contribution in [0.2, 0.25) is 0 Å². The highest BCUT2D eigenvalue weighted by atomic mass is 16.2. The molecule has 66 valence electrons. The number of nitrogens with one attached hydrogen (secondary N) is 2. The number of amides is 1. The summed E-state index contributed by atoms with van der Waals surface area (Å²) < 4.78 is 0. The Labute approximate surface area is 72.2 Å². The van der Waals surface area contributed by atoms with E-state index in [4.69, 9.17) is 0 Å². The van der Waals surface area contributed by atoms with Crippen LogP contribution in [0.15, 0.2) is 12.4 Å². The van der Waals surface area contributed by atoms with Crippen molar-refractivity contribution in [1.82, 2.24) is 10.6 Å². The second-order valence-electron chi connectivity index (χ2n) is 3.61. The molecule has 2 rings (SSSR count). The molecule has 0 bridgehead atoms. The number of hydrogen-bond acceptors (Lipinski definition) is 2. The minimum absolute atomic E-state index is 0.156. The van der Waals surface area contributed by atoms with E-state index >= 15 is 0 Å². The average molecular weight is 166 g/mol. The fourth-order valence-corrected chi connectivity index (χ4v) is 2.12. The van der Waals surface area contributed by atoms with Crippen molar-refractivity contribution in [3.8, 4) is 0 Å². The standard InChI is InChI=1S/C9H14N2O/c1-6-10-8-5-3-2-4-7(8)9(12)11-6/h7-8,10H,1-5H2,(H,11,12). The Hall–Kier alpha value is -0.990. The number of hydrogen-bond donors (Lipinski definition) is 2. The van der Waals surface area contributed by atoms with E-state index in [-0.39, 0.29) is 11.8 Å². The van der Waals surface area contributed by atoms with Crippen molar-refractivity contribution in [3.63, 3.8) is 0 Å². The Bertz CT molecular complexity index is 225. The van der Waals surface area contributed by atoms with Crippen LogP contribution in [-0.4, -0.2) is 11.9 Å². The fraction of sp³-hybridized carbons (Fsp3) is 0.667. The van der Waals surface area contributed by atoms with E-state index < -0.39 is 0 Å². The Balaban J connectivity index is 2.11.